The van der Waals surface area contributed by atoms with E-state index in [-0.39, 0.29) is 18.1 Å². The van der Waals surface area contributed by atoms with Gasteiger partial charge in [0.25, 0.3) is 5.91 Å². The largest absolute Gasteiger partial charge is 0.354 e. The third-order valence-electron chi connectivity index (χ3n) is 4.51. The third-order valence-corrected chi connectivity index (χ3v) is 5.76. The van der Waals surface area contributed by atoms with Crippen molar-refractivity contribution in [2.45, 2.75) is 6.92 Å². The molecule has 29 heavy (non-hydrogen) atoms. The molecule has 0 spiro atoms. The van der Waals surface area contributed by atoms with Crippen LogP contribution in [0, 0.1) is 5.82 Å². The lowest BCUT2D eigenvalue weighted by atomic mass is 10.1. The molecule has 152 valence electrons. The zero-order valence-electron chi connectivity index (χ0n) is 16.3. The van der Waals surface area contributed by atoms with Crippen LogP contribution >= 0.6 is 0 Å². The lowest BCUT2D eigenvalue weighted by Gasteiger charge is -2.22. The van der Waals surface area contributed by atoms with E-state index in [0.717, 1.165) is 6.26 Å². The van der Waals surface area contributed by atoms with E-state index >= 15 is 0 Å². The van der Waals surface area contributed by atoms with E-state index in [1.807, 2.05) is 0 Å². The van der Waals surface area contributed by atoms with E-state index in [1.165, 1.54) is 46.4 Å². The molecule has 3 rings (SSSR count). The number of sulfonamides is 1. The summed E-state index contributed by atoms with van der Waals surface area (Å²) in [6.45, 7) is 5.73. The SMILES string of the molecule is C=Cc1cc2c(C(=O)NC)n(-c3ccc(F)cc3)nc2cc1N(CC)S(C)(=O)=O. The fourth-order valence-corrected chi connectivity index (χ4v) is 4.19. The van der Waals surface area contributed by atoms with E-state index in [2.05, 4.69) is 17.0 Å². The fourth-order valence-electron chi connectivity index (χ4n) is 3.21. The van der Waals surface area contributed by atoms with Gasteiger partial charge >= 0.3 is 0 Å². The maximum absolute atomic E-state index is 13.3. The van der Waals surface area contributed by atoms with Crippen molar-refractivity contribution in [1.82, 2.24) is 15.1 Å². The third kappa shape index (κ3) is 3.73. The molecule has 1 heterocycles. The molecule has 7 nitrogen and oxygen atoms in total. The Morgan fingerprint density at radius 2 is 1.97 bits per heavy atom. The second kappa shape index (κ2) is 7.67. The average molecular weight is 416 g/mol. The van der Waals surface area contributed by atoms with Gasteiger partial charge in [0.15, 0.2) is 0 Å². The van der Waals surface area contributed by atoms with Crippen molar-refractivity contribution < 1.29 is 17.6 Å². The van der Waals surface area contributed by atoms with Crippen LogP contribution in [-0.2, 0) is 10.0 Å². The molecule has 3 aromatic rings. The maximum Gasteiger partial charge on any atom is 0.270 e. The van der Waals surface area contributed by atoms with Crippen LogP contribution in [0.15, 0.2) is 43.0 Å². The van der Waals surface area contributed by atoms with Gasteiger partial charge in [0.05, 0.1) is 23.1 Å². The summed E-state index contributed by atoms with van der Waals surface area (Å²) in [6.07, 6.45) is 2.66. The molecule has 0 saturated heterocycles. The summed E-state index contributed by atoms with van der Waals surface area (Å²) >= 11 is 0. The van der Waals surface area contributed by atoms with Gasteiger partial charge in [-0.25, -0.2) is 17.5 Å². The molecule has 0 unspecified atom stereocenters. The zero-order valence-corrected chi connectivity index (χ0v) is 17.1. The van der Waals surface area contributed by atoms with Gasteiger partial charge in [-0.15, -0.1) is 0 Å². The predicted molar refractivity (Wildman–Crippen MR) is 112 cm³/mol. The Labute approximate surface area is 168 Å². The van der Waals surface area contributed by atoms with E-state index in [1.54, 1.807) is 19.1 Å². The number of halogens is 1. The van der Waals surface area contributed by atoms with E-state index in [4.69, 9.17) is 0 Å². The summed E-state index contributed by atoms with van der Waals surface area (Å²) < 4.78 is 40.4. The molecule has 9 heteroatoms. The molecule has 0 aliphatic rings. The average Bonchev–Trinajstić information content (AvgIpc) is 3.05. The smallest absolute Gasteiger partial charge is 0.270 e. The predicted octanol–water partition coefficient (Wildman–Crippen LogP) is 2.95. The topological polar surface area (TPSA) is 84.3 Å². The minimum absolute atomic E-state index is 0.228. The molecule has 0 atom stereocenters. The van der Waals surface area contributed by atoms with Crippen molar-refractivity contribution in [1.29, 1.82) is 0 Å². The lowest BCUT2D eigenvalue weighted by molar-refractivity contribution is 0.0957. The first-order valence-corrected chi connectivity index (χ1v) is 10.7. The standard InChI is InChI=1S/C20H21FN4O3S/c1-5-13-11-16-17(12-18(13)24(6-2)29(4,27)28)23-25(19(16)20(26)22-3)15-9-7-14(21)8-10-15/h5,7-12H,1,6H2,2-4H3,(H,22,26). The van der Waals surface area contributed by atoms with Crippen LogP contribution in [0.4, 0.5) is 10.1 Å². The molecule has 0 fully saturated rings. The molecular formula is C20H21FN4O3S. The van der Waals surface area contributed by atoms with Gasteiger partial charge in [0, 0.05) is 19.0 Å². The highest BCUT2D eigenvalue weighted by molar-refractivity contribution is 7.92. The Balaban J connectivity index is 2.36. The second-order valence-electron chi connectivity index (χ2n) is 6.38. The Morgan fingerprint density at radius 1 is 1.31 bits per heavy atom. The van der Waals surface area contributed by atoms with Gasteiger partial charge in [0.1, 0.15) is 11.5 Å². The first kappa shape index (κ1) is 20.5. The first-order valence-electron chi connectivity index (χ1n) is 8.86. The lowest BCUT2D eigenvalue weighted by Crippen LogP contribution is -2.30. The molecule has 0 aliphatic carbocycles. The number of hydrogen-bond acceptors (Lipinski definition) is 4. The molecule has 0 saturated carbocycles. The highest BCUT2D eigenvalue weighted by atomic mass is 32.2. The van der Waals surface area contributed by atoms with Crippen LogP contribution in [0.3, 0.4) is 0 Å². The highest BCUT2D eigenvalue weighted by Crippen LogP contribution is 2.32. The summed E-state index contributed by atoms with van der Waals surface area (Å²) in [6, 6.07) is 8.87. The number of amides is 1. The number of rotatable bonds is 6. The van der Waals surface area contributed by atoms with Gasteiger partial charge in [-0.05, 0) is 48.9 Å². The molecular weight excluding hydrogens is 395 g/mol. The molecule has 1 aromatic heterocycles. The fraction of sp³-hybridized carbons (Fsp3) is 0.200. The van der Waals surface area contributed by atoms with Gasteiger partial charge in [-0.3, -0.25) is 9.10 Å². The number of fused-ring (bicyclic) bond motifs is 1. The number of nitrogens with zero attached hydrogens (tertiary/aromatic N) is 3. The summed E-state index contributed by atoms with van der Waals surface area (Å²) in [5, 5.41) is 7.60. The Kier molecular flexibility index (Phi) is 5.43. The number of aromatic nitrogens is 2. The van der Waals surface area contributed by atoms with Crippen LogP contribution in [0.5, 0.6) is 0 Å². The Morgan fingerprint density at radius 3 is 2.48 bits per heavy atom. The van der Waals surface area contributed by atoms with E-state index < -0.39 is 15.8 Å². The zero-order chi connectivity index (χ0) is 21.3. The van der Waals surface area contributed by atoms with Crippen molar-refractivity contribution in [2.24, 2.45) is 0 Å². The van der Waals surface area contributed by atoms with E-state index in [9.17, 15) is 17.6 Å². The molecule has 1 amide bonds. The van der Waals surface area contributed by atoms with Crippen LogP contribution < -0.4 is 9.62 Å². The highest BCUT2D eigenvalue weighted by Gasteiger charge is 2.24. The van der Waals surface area contributed by atoms with Crippen molar-refractivity contribution in [3.63, 3.8) is 0 Å². The Bertz CT molecular complexity index is 1200. The van der Waals surface area contributed by atoms with Crippen LogP contribution in [0.1, 0.15) is 23.0 Å². The molecule has 2 aromatic carbocycles. The van der Waals surface area contributed by atoms with Crippen LogP contribution in [0.2, 0.25) is 0 Å². The number of benzene rings is 2. The molecule has 1 N–H and O–H groups in total. The minimum atomic E-state index is -3.52. The number of carbonyl (C=O) groups excluding carboxylic acids is 1. The Hall–Kier alpha value is -3.20. The van der Waals surface area contributed by atoms with Crippen molar-refractivity contribution in [3.8, 4) is 5.69 Å². The van der Waals surface area contributed by atoms with Crippen LogP contribution in [-0.4, -0.2) is 44.0 Å². The molecule has 0 aliphatic heterocycles. The summed E-state index contributed by atoms with van der Waals surface area (Å²) in [5.41, 5.74) is 2.15. The van der Waals surface area contributed by atoms with Gasteiger partial charge in [0.2, 0.25) is 10.0 Å². The summed E-state index contributed by atoms with van der Waals surface area (Å²) in [7, 11) is -2.02. The van der Waals surface area contributed by atoms with Gasteiger partial charge < -0.3 is 5.32 Å². The summed E-state index contributed by atoms with van der Waals surface area (Å²) in [5.74, 6) is -0.787. The van der Waals surface area contributed by atoms with Gasteiger partial charge in [-0.1, -0.05) is 12.7 Å². The normalized spacial score (nSPS) is 11.4. The van der Waals surface area contributed by atoms with Crippen molar-refractivity contribution >= 4 is 38.6 Å². The van der Waals surface area contributed by atoms with Gasteiger partial charge in [-0.2, -0.15) is 5.10 Å². The quantitative estimate of drug-likeness (QED) is 0.670. The van der Waals surface area contributed by atoms with Crippen molar-refractivity contribution in [2.75, 3.05) is 24.2 Å². The summed E-state index contributed by atoms with van der Waals surface area (Å²) in [4.78, 5) is 12.6. The van der Waals surface area contributed by atoms with Crippen LogP contribution in [0.25, 0.3) is 22.7 Å². The number of hydrogen-bond donors (Lipinski definition) is 1. The maximum atomic E-state index is 13.3. The second-order valence-corrected chi connectivity index (χ2v) is 8.28. The number of anilines is 1. The molecule has 0 radical (unpaired) electrons. The van der Waals surface area contributed by atoms with E-state index in [0.29, 0.717) is 27.8 Å². The minimum Gasteiger partial charge on any atom is -0.354 e. The number of nitrogens with one attached hydrogen (secondary N) is 1. The van der Waals surface area contributed by atoms with Crippen molar-refractivity contribution in [3.05, 3.63) is 60.1 Å². The first-order chi connectivity index (χ1) is 13.7. The monoisotopic (exact) mass is 416 g/mol. The molecule has 0 bridgehead atoms. The number of carbonyl (C=O) groups is 1.